The number of anilines is 2. The first-order chi connectivity index (χ1) is 12.6. The Balaban J connectivity index is 1.55. The van der Waals surface area contributed by atoms with Crippen molar-refractivity contribution >= 4 is 23.1 Å². The average Bonchev–Trinajstić information content (AvgIpc) is 3.15. The Morgan fingerprint density at radius 2 is 2.35 bits per heavy atom. The van der Waals surface area contributed by atoms with Crippen LogP contribution in [0.15, 0.2) is 30.7 Å². The molecule has 2 bridgehead atoms. The lowest BCUT2D eigenvalue weighted by Crippen LogP contribution is -2.42. The second-order valence-electron chi connectivity index (χ2n) is 6.67. The molecule has 2 unspecified atom stereocenters. The van der Waals surface area contributed by atoms with Gasteiger partial charge in [0.15, 0.2) is 0 Å². The van der Waals surface area contributed by atoms with Crippen LogP contribution in [0.3, 0.4) is 0 Å². The van der Waals surface area contributed by atoms with Crippen LogP contribution in [0.4, 0.5) is 11.6 Å². The van der Waals surface area contributed by atoms with E-state index in [0.29, 0.717) is 5.95 Å². The van der Waals surface area contributed by atoms with Crippen molar-refractivity contribution in [2.45, 2.75) is 37.8 Å². The Bertz CT molecular complexity index is 909. The first-order valence-electron chi connectivity index (χ1n) is 8.68. The van der Waals surface area contributed by atoms with Gasteiger partial charge in [-0.05, 0) is 30.9 Å². The normalized spacial score (nSPS) is 21.2. The summed E-state index contributed by atoms with van der Waals surface area (Å²) < 4.78 is 1.72. The monoisotopic (exact) mass is 348 g/mol. The van der Waals surface area contributed by atoms with Gasteiger partial charge in [0.2, 0.25) is 11.9 Å². The predicted molar refractivity (Wildman–Crippen MR) is 98.2 cm³/mol. The van der Waals surface area contributed by atoms with Gasteiger partial charge >= 0.3 is 0 Å². The Morgan fingerprint density at radius 3 is 3.08 bits per heavy atom. The first kappa shape index (κ1) is 16.3. The summed E-state index contributed by atoms with van der Waals surface area (Å²) in [5.41, 5.74) is 2.90. The van der Waals surface area contributed by atoms with Gasteiger partial charge in [-0.15, -0.1) is 6.42 Å². The van der Waals surface area contributed by atoms with E-state index in [0.717, 1.165) is 30.6 Å². The van der Waals surface area contributed by atoms with Crippen LogP contribution in [-0.2, 0) is 11.8 Å². The van der Waals surface area contributed by atoms with Crippen molar-refractivity contribution in [3.8, 4) is 12.3 Å². The number of aryl methyl sites for hydroxylation is 1. The third-order valence-electron chi connectivity index (χ3n) is 4.88. The zero-order valence-electron chi connectivity index (χ0n) is 14.6. The minimum absolute atomic E-state index is 0.0527. The molecule has 26 heavy (non-hydrogen) atoms. The fraction of sp³-hybridized carbons (Fsp3) is 0.368. The van der Waals surface area contributed by atoms with Gasteiger partial charge in [0.05, 0.1) is 30.0 Å². The molecule has 4 rings (SSSR count). The van der Waals surface area contributed by atoms with Crippen LogP contribution in [0.1, 0.15) is 31.4 Å². The van der Waals surface area contributed by atoms with E-state index in [2.05, 4.69) is 32.4 Å². The van der Waals surface area contributed by atoms with Gasteiger partial charge in [-0.3, -0.25) is 9.48 Å². The van der Waals surface area contributed by atoms with Crippen LogP contribution in [0.2, 0.25) is 0 Å². The van der Waals surface area contributed by atoms with Gasteiger partial charge < -0.3 is 10.2 Å². The molecule has 1 N–H and O–H groups in total. The van der Waals surface area contributed by atoms with Crippen molar-refractivity contribution in [2.24, 2.45) is 7.05 Å². The summed E-state index contributed by atoms with van der Waals surface area (Å²) in [6.45, 7) is 0. The molecule has 0 aromatic carbocycles. The quantitative estimate of drug-likeness (QED) is 0.857. The lowest BCUT2D eigenvalue weighted by atomic mass is 9.98. The van der Waals surface area contributed by atoms with E-state index >= 15 is 0 Å². The summed E-state index contributed by atoms with van der Waals surface area (Å²) >= 11 is 0. The summed E-state index contributed by atoms with van der Waals surface area (Å²) in [6.07, 6.45) is 15.8. The van der Waals surface area contributed by atoms with Gasteiger partial charge in [0, 0.05) is 25.5 Å². The number of nitrogens with zero attached hydrogens (tertiary/aromatic N) is 5. The number of carbonyl (C=O) groups is 1. The van der Waals surface area contributed by atoms with Crippen molar-refractivity contribution in [2.75, 3.05) is 5.32 Å². The molecule has 1 fully saturated rings. The van der Waals surface area contributed by atoms with Crippen LogP contribution < -0.4 is 5.32 Å². The largest absolute Gasteiger partial charge is 0.332 e. The SMILES string of the molecule is C#CCC(=O)N1C2C=C(c3ccnc(Nc4cnn(C)c4)n3)CC1CC2. The molecule has 0 spiro atoms. The van der Waals surface area contributed by atoms with E-state index < -0.39 is 0 Å². The molecule has 2 aromatic heterocycles. The molecule has 7 nitrogen and oxygen atoms in total. The van der Waals surface area contributed by atoms with Gasteiger partial charge in [0.1, 0.15) is 0 Å². The van der Waals surface area contributed by atoms with Crippen molar-refractivity contribution < 1.29 is 4.79 Å². The zero-order chi connectivity index (χ0) is 18.1. The number of terminal acetylenes is 1. The Morgan fingerprint density at radius 1 is 1.46 bits per heavy atom. The molecule has 2 atom stereocenters. The van der Waals surface area contributed by atoms with Crippen molar-refractivity contribution in [3.63, 3.8) is 0 Å². The maximum Gasteiger partial charge on any atom is 0.235 e. The molecule has 0 saturated carbocycles. The molecular formula is C19H20N6O. The Kier molecular flexibility index (Phi) is 4.17. The second-order valence-corrected chi connectivity index (χ2v) is 6.67. The third kappa shape index (κ3) is 3.06. The summed E-state index contributed by atoms with van der Waals surface area (Å²) in [7, 11) is 1.86. The fourth-order valence-electron chi connectivity index (χ4n) is 3.80. The van der Waals surface area contributed by atoms with Gasteiger partial charge in [-0.1, -0.05) is 12.0 Å². The molecule has 1 amide bonds. The molecule has 1 saturated heterocycles. The zero-order valence-corrected chi connectivity index (χ0v) is 14.6. The first-order valence-corrected chi connectivity index (χ1v) is 8.68. The van der Waals surface area contributed by atoms with Gasteiger partial charge in [-0.25, -0.2) is 9.97 Å². The smallest absolute Gasteiger partial charge is 0.235 e. The number of nitrogens with one attached hydrogen (secondary N) is 1. The van der Waals surface area contributed by atoms with Crippen LogP contribution in [-0.4, -0.2) is 42.6 Å². The number of amides is 1. The van der Waals surface area contributed by atoms with E-state index in [1.807, 2.05) is 24.2 Å². The molecule has 7 heteroatoms. The standard InChI is InChI=1S/C19H20N6O/c1-3-4-18(26)25-15-5-6-16(25)10-13(9-15)17-7-8-20-19(23-17)22-14-11-21-24(2)12-14/h1,7-9,11-12,15-16H,4-6,10H2,2H3,(H,20,22,23). The van der Waals surface area contributed by atoms with Crippen molar-refractivity contribution in [1.29, 1.82) is 0 Å². The van der Waals surface area contributed by atoms with E-state index in [-0.39, 0.29) is 24.4 Å². The van der Waals surface area contributed by atoms with E-state index in [1.54, 1.807) is 17.1 Å². The molecule has 0 radical (unpaired) electrons. The highest BCUT2D eigenvalue weighted by Gasteiger charge is 2.39. The molecule has 4 heterocycles. The number of hydrogen-bond donors (Lipinski definition) is 1. The number of rotatable bonds is 4. The highest BCUT2D eigenvalue weighted by Crippen LogP contribution is 2.38. The highest BCUT2D eigenvalue weighted by molar-refractivity contribution is 5.81. The summed E-state index contributed by atoms with van der Waals surface area (Å²) in [5, 5.41) is 7.30. The number of carbonyl (C=O) groups excluding carboxylic acids is 1. The molecule has 0 aliphatic carbocycles. The topological polar surface area (TPSA) is 75.9 Å². The van der Waals surface area contributed by atoms with E-state index in [4.69, 9.17) is 6.42 Å². The van der Waals surface area contributed by atoms with Gasteiger partial charge in [-0.2, -0.15) is 5.10 Å². The third-order valence-corrected chi connectivity index (χ3v) is 4.88. The number of hydrogen-bond acceptors (Lipinski definition) is 5. The minimum atomic E-state index is 0.0527. The Labute approximate surface area is 152 Å². The van der Waals surface area contributed by atoms with Crippen LogP contribution in [0, 0.1) is 12.3 Å². The number of fused-ring (bicyclic) bond motifs is 2. The van der Waals surface area contributed by atoms with Gasteiger partial charge in [0.25, 0.3) is 0 Å². The minimum Gasteiger partial charge on any atom is -0.332 e. The lowest BCUT2D eigenvalue weighted by Gasteiger charge is -2.33. The van der Waals surface area contributed by atoms with Crippen LogP contribution >= 0.6 is 0 Å². The average molecular weight is 348 g/mol. The maximum atomic E-state index is 12.3. The summed E-state index contributed by atoms with van der Waals surface area (Å²) in [4.78, 5) is 23.2. The molecule has 2 aliphatic rings. The molecule has 2 aliphatic heterocycles. The summed E-state index contributed by atoms with van der Waals surface area (Å²) in [6, 6.07) is 2.25. The summed E-state index contributed by atoms with van der Waals surface area (Å²) in [5.74, 6) is 3.05. The molecule has 2 aromatic rings. The molecule has 132 valence electrons. The van der Waals surface area contributed by atoms with E-state index in [1.165, 1.54) is 5.57 Å². The maximum absolute atomic E-state index is 12.3. The highest BCUT2D eigenvalue weighted by atomic mass is 16.2. The number of aromatic nitrogens is 4. The molecular weight excluding hydrogens is 328 g/mol. The van der Waals surface area contributed by atoms with Crippen LogP contribution in [0.5, 0.6) is 0 Å². The van der Waals surface area contributed by atoms with E-state index in [9.17, 15) is 4.79 Å². The fourth-order valence-corrected chi connectivity index (χ4v) is 3.80. The second kappa shape index (κ2) is 6.64. The Hall–Kier alpha value is -3.14. The van der Waals surface area contributed by atoms with Crippen molar-refractivity contribution in [3.05, 3.63) is 36.4 Å². The van der Waals surface area contributed by atoms with Crippen molar-refractivity contribution in [1.82, 2.24) is 24.6 Å². The lowest BCUT2D eigenvalue weighted by molar-refractivity contribution is -0.132. The van der Waals surface area contributed by atoms with Crippen LogP contribution in [0.25, 0.3) is 5.57 Å². The predicted octanol–water partition coefficient (Wildman–Crippen LogP) is 2.12.